The number of nitrogens with two attached hydrogens (primary N) is 1. The molecule has 0 aromatic heterocycles. The molecule has 0 aliphatic carbocycles. The summed E-state index contributed by atoms with van der Waals surface area (Å²) in [4.78, 5) is 40.8. The molecular weight excluding hydrogens is 325 g/mol. The van der Waals surface area contributed by atoms with Gasteiger partial charge in [-0.05, 0) is 26.7 Å². The number of esters is 2. The fourth-order valence-electron chi connectivity index (χ4n) is 1.95. The first-order valence-corrected chi connectivity index (χ1v) is 9.28. The highest BCUT2D eigenvalue weighted by molar-refractivity contribution is 7.52. The van der Waals surface area contributed by atoms with E-state index in [1.807, 2.05) is 0 Å². The van der Waals surface area contributed by atoms with E-state index in [4.69, 9.17) is 25.0 Å². The van der Waals surface area contributed by atoms with Crippen molar-refractivity contribution in [1.82, 2.24) is 0 Å². The van der Waals surface area contributed by atoms with Crippen molar-refractivity contribution in [2.45, 2.75) is 45.6 Å². The van der Waals surface area contributed by atoms with Gasteiger partial charge in [0.05, 0.1) is 25.8 Å². The largest absolute Gasteiger partial charge is 0.466 e. The van der Waals surface area contributed by atoms with Gasteiger partial charge in [0.1, 0.15) is 0 Å². The number of allylic oxidation sites excluding steroid dienone is 1. The molecule has 1 unspecified atom stereocenters. The van der Waals surface area contributed by atoms with E-state index in [1.165, 1.54) is 6.08 Å². The van der Waals surface area contributed by atoms with E-state index >= 15 is 0 Å². The minimum absolute atomic E-state index is 0.0730. The van der Waals surface area contributed by atoms with Crippen molar-refractivity contribution in [3.63, 3.8) is 0 Å². The summed E-state index contributed by atoms with van der Waals surface area (Å²) in [5.74, 6) is -0.836. The van der Waals surface area contributed by atoms with Crippen LogP contribution in [-0.4, -0.2) is 47.1 Å². The molecule has 0 aromatic rings. The highest BCUT2D eigenvalue weighted by Gasteiger charge is 2.18. The lowest BCUT2D eigenvalue weighted by atomic mass is 10.1. The molecule has 0 fully saturated rings. The number of carbonyl (C=O) groups excluding carboxylic acids is 2. The van der Waals surface area contributed by atoms with Crippen LogP contribution in [0.4, 0.5) is 0 Å². The molecular formula is C14H26NO7P. The second kappa shape index (κ2) is 11.3. The maximum Gasteiger partial charge on any atom is 0.329 e. The van der Waals surface area contributed by atoms with Crippen LogP contribution in [0.15, 0.2) is 11.6 Å². The van der Waals surface area contributed by atoms with Gasteiger partial charge in [-0.1, -0.05) is 11.6 Å². The van der Waals surface area contributed by atoms with Gasteiger partial charge in [-0.25, -0.2) is 0 Å². The summed E-state index contributed by atoms with van der Waals surface area (Å²) in [6.07, 6.45) is 1.76. The van der Waals surface area contributed by atoms with Gasteiger partial charge in [-0.3, -0.25) is 14.2 Å². The molecule has 0 aliphatic heterocycles. The van der Waals surface area contributed by atoms with E-state index in [1.54, 1.807) is 13.8 Å². The molecule has 134 valence electrons. The second-order valence-electron chi connectivity index (χ2n) is 4.98. The molecule has 0 spiro atoms. The number of hydrogen-bond acceptors (Lipinski definition) is 6. The summed E-state index contributed by atoms with van der Waals surface area (Å²) in [7, 11) is -4.26. The normalized spacial score (nSPS) is 13.5. The molecule has 0 bridgehead atoms. The summed E-state index contributed by atoms with van der Waals surface area (Å²) < 4.78 is 20.7. The maximum absolute atomic E-state index is 11.3. The molecule has 4 N–H and O–H groups in total. The van der Waals surface area contributed by atoms with E-state index in [9.17, 15) is 14.2 Å². The third-order valence-electron chi connectivity index (χ3n) is 2.75. The molecule has 8 nitrogen and oxygen atoms in total. The molecule has 0 rings (SSSR count). The van der Waals surface area contributed by atoms with Gasteiger partial charge >= 0.3 is 19.5 Å². The fourth-order valence-corrected chi connectivity index (χ4v) is 2.74. The highest BCUT2D eigenvalue weighted by atomic mass is 31.2. The van der Waals surface area contributed by atoms with Crippen molar-refractivity contribution in [1.29, 1.82) is 0 Å². The van der Waals surface area contributed by atoms with Crippen LogP contribution >= 0.6 is 7.60 Å². The molecule has 0 radical (unpaired) electrons. The first-order chi connectivity index (χ1) is 10.7. The van der Waals surface area contributed by atoms with Crippen LogP contribution in [0.25, 0.3) is 0 Å². The Morgan fingerprint density at radius 2 is 1.70 bits per heavy atom. The predicted molar refractivity (Wildman–Crippen MR) is 84.7 cm³/mol. The Morgan fingerprint density at radius 1 is 1.13 bits per heavy atom. The van der Waals surface area contributed by atoms with Gasteiger partial charge in [-0.2, -0.15) is 0 Å². The summed E-state index contributed by atoms with van der Waals surface area (Å²) in [5, 5.41) is 0. The molecule has 9 heteroatoms. The molecule has 0 saturated carbocycles. The summed E-state index contributed by atoms with van der Waals surface area (Å²) >= 11 is 0. The predicted octanol–water partition coefficient (Wildman–Crippen LogP) is 1.10. The van der Waals surface area contributed by atoms with Crippen molar-refractivity contribution >= 4 is 19.5 Å². The number of hydrogen-bond donors (Lipinski definition) is 3. The zero-order valence-corrected chi connectivity index (χ0v) is 14.5. The second-order valence-corrected chi connectivity index (χ2v) is 6.62. The molecule has 0 aromatic carbocycles. The standard InChI is InChI=1S/C14H26NO7P/c1-3-21-13(16)7-5-6-11(10-23(18,19)20)8-12(15)9-14(17)22-4-2/h8,12H,3-7,9-10,15H2,1-2H3,(H2,18,19,20). The average Bonchev–Trinajstić information content (AvgIpc) is 2.36. The first-order valence-electron chi connectivity index (χ1n) is 7.48. The van der Waals surface area contributed by atoms with Gasteiger partial charge < -0.3 is 25.0 Å². The Bertz CT molecular complexity index is 458. The van der Waals surface area contributed by atoms with E-state index in [0.717, 1.165) is 0 Å². The molecule has 0 saturated heterocycles. The zero-order valence-electron chi connectivity index (χ0n) is 13.6. The average molecular weight is 351 g/mol. The third-order valence-corrected chi connectivity index (χ3v) is 3.57. The van der Waals surface area contributed by atoms with Gasteiger partial charge in [0, 0.05) is 12.5 Å². The lowest BCUT2D eigenvalue weighted by Crippen LogP contribution is -2.23. The lowest BCUT2D eigenvalue weighted by molar-refractivity contribution is -0.144. The molecule has 23 heavy (non-hydrogen) atoms. The van der Waals surface area contributed by atoms with Crippen LogP contribution in [0.2, 0.25) is 0 Å². The highest BCUT2D eigenvalue weighted by Crippen LogP contribution is 2.38. The number of rotatable bonds is 11. The topological polar surface area (TPSA) is 136 Å². The Hall–Kier alpha value is -1.21. The van der Waals surface area contributed by atoms with Crippen molar-refractivity contribution < 1.29 is 33.4 Å². The van der Waals surface area contributed by atoms with Crippen LogP contribution in [0.1, 0.15) is 39.5 Å². The van der Waals surface area contributed by atoms with E-state index < -0.39 is 25.8 Å². The van der Waals surface area contributed by atoms with Crippen molar-refractivity contribution in [3.8, 4) is 0 Å². The van der Waals surface area contributed by atoms with Crippen molar-refractivity contribution in [2.75, 3.05) is 19.4 Å². The van der Waals surface area contributed by atoms with Gasteiger partial charge in [0.25, 0.3) is 0 Å². The van der Waals surface area contributed by atoms with Crippen LogP contribution in [-0.2, 0) is 23.6 Å². The third kappa shape index (κ3) is 13.0. The van der Waals surface area contributed by atoms with Crippen LogP contribution in [0.3, 0.4) is 0 Å². The Balaban J connectivity index is 4.66. The molecule has 0 amide bonds. The maximum atomic E-state index is 11.3. The Morgan fingerprint density at radius 3 is 2.22 bits per heavy atom. The first kappa shape index (κ1) is 21.8. The Labute approximate surface area is 136 Å². The minimum atomic E-state index is -4.26. The summed E-state index contributed by atoms with van der Waals surface area (Å²) in [5.41, 5.74) is 6.20. The number of ether oxygens (including phenoxy) is 2. The van der Waals surface area contributed by atoms with Crippen LogP contribution in [0.5, 0.6) is 0 Å². The lowest BCUT2D eigenvalue weighted by Gasteiger charge is -2.12. The monoisotopic (exact) mass is 351 g/mol. The van der Waals surface area contributed by atoms with Crippen molar-refractivity contribution in [2.24, 2.45) is 5.73 Å². The summed E-state index contributed by atoms with van der Waals surface area (Å²) in [6, 6.07) is -0.696. The SMILES string of the molecule is CCOC(=O)CCCC(=CC(N)CC(=O)OCC)CP(=O)(O)O. The van der Waals surface area contributed by atoms with Crippen LogP contribution in [0, 0.1) is 0 Å². The van der Waals surface area contributed by atoms with E-state index in [-0.39, 0.29) is 32.0 Å². The molecule has 0 heterocycles. The van der Waals surface area contributed by atoms with Gasteiger partial charge in [-0.15, -0.1) is 0 Å². The van der Waals surface area contributed by atoms with Gasteiger partial charge in [0.15, 0.2) is 0 Å². The van der Waals surface area contributed by atoms with E-state index in [0.29, 0.717) is 18.4 Å². The smallest absolute Gasteiger partial charge is 0.329 e. The summed E-state index contributed by atoms with van der Waals surface area (Å²) in [6.45, 7) is 3.90. The minimum Gasteiger partial charge on any atom is -0.466 e. The zero-order chi connectivity index (χ0) is 17.9. The fraction of sp³-hybridized carbons (Fsp3) is 0.714. The van der Waals surface area contributed by atoms with Crippen LogP contribution < -0.4 is 5.73 Å². The van der Waals surface area contributed by atoms with Gasteiger partial charge in [0.2, 0.25) is 0 Å². The van der Waals surface area contributed by atoms with E-state index in [2.05, 4.69) is 0 Å². The molecule has 1 atom stereocenters. The van der Waals surface area contributed by atoms with Crippen molar-refractivity contribution in [3.05, 3.63) is 11.6 Å². The Kier molecular flexibility index (Phi) is 10.7. The molecule has 0 aliphatic rings. The number of carbonyl (C=O) groups is 2. The quantitative estimate of drug-likeness (QED) is 0.286.